The molecule has 19 heavy (non-hydrogen) atoms. The molecule has 0 fully saturated rings. The largest absolute Gasteiger partial charge is 0.352 e. The van der Waals surface area contributed by atoms with E-state index in [-0.39, 0.29) is 29.2 Å². The fourth-order valence-corrected chi connectivity index (χ4v) is 1.76. The molecule has 106 valence electrons. The minimum absolute atomic E-state index is 0.0246. The van der Waals surface area contributed by atoms with Gasteiger partial charge in [-0.1, -0.05) is 32.4 Å². The van der Waals surface area contributed by atoms with Gasteiger partial charge in [0.05, 0.1) is 0 Å². The molecule has 1 amide bonds. The molecule has 1 atom stereocenters. The standard InChI is InChI=1S/C13H20ClN3O2/c1-5-11-16-10(14)6-13(19)17(11)7-12(18)15-9(4)8(2)3/h6,8-9H,5,7H2,1-4H3,(H,15,18). The number of rotatable bonds is 5. The number of hydrogen-bond acceptors (Lipinski definition) is 3. The van der Waals surface area contributed by atoms with E-state index in [9.17, 15) is 9.59 Å². The van der Waals surface area contributed by atoms with Crippen LogP contribution in [-0.2, 0) is 17.8 Å². The fraction of sp³-hybridized carbons (Fsp3) is 0.615. The summed E-state index contributed by atoms with van der Waals surface area (Å²) < 4.78 is 1.36. The van der Waals surface area contributed by atoms with E-state index in [0.717, 1.165) is 0 Å². The number of nitrogens with zero attached hydrogens (tertiary/aromatic N) is 2. The molecule has 1 aromatic rings. The van der Waals surface area contributed by atoms with Gasteiger partial charge in [-0.15, -0.1) is 0 Å². The highest BCUT2D eigenvalue weighted by Crippen LogP contribution is 2.04. The average molecular weight is 286 g/mol. The lowest BCUT2D eigenvalue weighted by Gasteiger charge is -2.18. The van der Waals surface area contributed by atoms with Gasteiger partial charge in [-0.2, -0.15) is 0 Å². The Morgan fingerprint density at radius 2 is 2.11 bits per heavy atom. The van der Waals surface area contributed by atoms with Crippen LogP contribution in [0.3, 0.4) is 0 Å². The van der Waals surface area contributed by atoms with Crippen LogP contribution in [0.15, 0.2) is 10.9 Å². The van der Waals surface area contributed by atoms with Gasteiger partial charge in [0.2, 0.25) is 5.91 Å². The fourth-order valence-electron chi connectivity index (χ4n) is 1.57. The van der Waals surface area contributed by atoms with Crippen molar-refractivity contribution in [3.8, 4) is 0 Å². The summed E-state index contributed by atoms with van der Waals surface area (Å²) in [5, 5.41) is 3.02. The van der Waals surface area contributed by atoms with Crippen LogP contribution in [0.2, 0.25) is 5.15 Å². The topological polar surface area (TPSA) is 64.0 Å². The Labute approximate surface area is 118 Å². The third-order valence-electron chi connectivity index (χ3n) is 3.06. The molecular weight excluding hydrogens is 266 g/mol. The lowest BCUT2D eigenvalue weighted by Crippen LogP contribution is -2.40. The highest BCUT2D eigenvalue weighted by Gasteiger charge is 2.14. The number of nitrogens with one attached hydrogen (secondary N) is 1. The van der Waals surface area contributed by atoms with E-state index in [4.69, 9.17) is 11.6 Å². The maximum Gasteiger partial charge on any atom is 0.255 e. The maximum absolute atomic E-state index is 11.9. The van der Waals surface area contributed by atoms with Crippen LogP contribution in [-0.4, -0.2) is 21.5 Å². The Balaban J connectivity index is 2.88. The second kappa shape index (κ2) is 6.70. The molecule has 1 aromatic heterocycles. The molecule has 0 radical (unpaired) electrons. The summed E-state index contributed by atoms with van der Waals surface area (Å²) in [6.45, 7) is 7.83. The van der Waals surface area contributed by atoms with Crippen LogP contribution in [0.1, 0.15) is 33.5 Å². The van der Waals surface area contributed by atoms with Gasteiger partial charge in [-0.25, -0.2) is 4.98 Å². The second-order valence-electron chi connectivity index (χ2n) is 4.87. The van der Waals surface area contributed by atoms with Crippen LogP contribution >= 0.6 is 11.6 Å². The number of amides is 1. The predicted molar refractivity (Wildman–Crippen MR) is 75.3 cm³/mol. The van der Waals surface area contributed by atoms with Gasteiger partial charge in [0.1, 0.15) is 17.5 Å². The van der Waals surface area contributed by atoms with Crippen molar-refractivity contribution in [2.45, 2.75) is 46.7 Å². The third-order valence-corrected chi connectivity index (χ3v) is 3.26. The molecule has 0 spiro atoms. The zero-order valence-electron chi connectivity index (χ0n) is 11.7. The van der Waals surface area contributed by atoms with Crippen molar-refractivity contribution in [2.75, 3.05) is 0 Å². The van der Waals surface area contributed by atoms with Gasteiger partial charge in [0.25, 0.3) is 5.56 Å². The summed E-state index contributed by atoms with van der Waals surface area (Å²) in [5.41, 5.74) is -0.302. The first-order valence-electron chi connectivity index (χ1n) is 6.40. The monoisotopic (exact) mass is 285 g/mol. The SMILES string of the molecule is CCc1nc(Cl)cc(=O)n1CC(=O)NC(C)C(C)C. The third kappa shape index (κ3) is 4.35. The smallest absolute Gasteiger partial charge is 0.255 e. The molecule has 5 nitrogen and oxygen atoms in total. The van der Waals surface area contributed by atoms with Gasteiger partial charge in [-0.05, 0) is 12.8 Å². The van der Waals surface area contributed by atoms with Crippen molar-refractivity contribution in [1.82, 2.24) is 14.9 Å². The molecular formula is C13H20ClN3O2. The molecule has 0 saturated heterocycles. The molecule has 0 aromatic carbocycles. The first-order valence-corrected chi connectivity index (χ1v) is 6.78. The van der Waals surface area contributed by atoms with E-state index >= 15 is 0 Å². The summed E-state index contributed by atoms with van der Waals surface area (Å²) in [6.07, 6.45) is 0.544. The van der Waals surface area contributed by atoms with Crippen molar-refractivity contribution in [2.24, 2.45) is 5.92 Å². The Kier molecular flexibility index (Phi) is 5.54. The molecule has 0 bridgehead atoms. The molecule has 1 heterocycles. The van der Waals surface area contributed by atoms with E-state index in [1.165, 1.54) is 10.6 Å². The van der Waals surface area contributed by atoms with Crippen molar-refractivity contribution in [3.63, 3.8) is 0 Å². The van der Waals surface area contributed by atoms with Gasteiger partial charge in [0.15, 0.2) is 0 Å². The van der Waals surface area contributed by atoms with Crippen molar-refractivity contribution < 1.29 is 4.79 Å². The summed E-state index contributed by atoms with van der Waals surface area (Å²) in [4.78, 5) is 27.8. The first-order chi connectivity index (χ1) is 8.85. The Morgan fingerprint density at radius 3 is 2.63 bits per heavy atom. The Bertz CT molecular complexity index is 511. The van der Waals surface area contributed by atoms with Crippen LogP contribution in [0.4, 0.5) is 0 Å². The van der Waals surface area contributed by atoms with Crippen LogP contribution in [0.25, 0.3) is 0 Å². The van der Waals surface area contributed by atoms with Crippen LogP contribution in [0.5, 0.6) is 0 Å². The number of carbonyl (C=O) groups excluding carboxylic acids is 1. The molecule has 0 aliphatic carbocycles. The van der Waals surface area contributed by atoms with Gasteiger partial charge < -0.3 is 5.32 Å². The Hall–Kier alpha value is -1.36. The number of aryl methyl sites for hydroxylation is 1. The number of hydrogen-bond donors (Lipinski definition) is 1. The number of aromatic nitrogens is 2. The highest BCUT2D eigenvalue weighted by atomic mass is 35.5. The van der Waals surface area contributed by atoms with E-state index in [0.29, 0.717) is 18.2 Å². The summed E-state index contributed by atoms with van der Waals surface area (Å²) >= 11 is 5.74. The van der Waals surface area contributed by atoms with E-state index in [2.05, 4.69) is 10.3 Å². The average Bonchev–Trinajstić information content (AvgIpc) is 2.31. The molecule has 0 saturated carbocycles. The van der Waals surface area contributed by atoms with E-state index < -0.39 is 0 Å². The molecule has 0 aliphatic heterocycles. The van der Waals surface area contributed by atoms with Crippen molar-refractivity contribution >= 4 is 17.5 Å². The first kappa shape index (κ1) is 15.7. The maximum atomic E-state index is 11.9. The molecule has 1 unspecified atom stereocenters. The highest BCUT2D eigenvalue weighted by molar-refractivity contribution is 6.29. The normalized spacial score (nSPS) is 12.5. The molecule has 0 aliphatic rings. The second-order valence-corrected chi connectivity index (χ2v) is 5.26. The Morgan fingerprint density at radius 1 is 1.47 bits per heavy atom. The van der Waals surface area contributed by atoms with Crippen molar-refractivity contribution in [1.29, 1.82) is 0 Å². The summed E-state index contributed by atoms with van der Waals surface area (Å²) in [6, 6.07) is 1.29. The van der Waals surface area contributed by atoms with Crippen LogP contribution < -0.4 is 10.9 Å². The van der Waals surface area contributed by atoms with Crippen LogP contribution in [0, 0.1) is 5.92 Å². The number of carbonyl (C=O) groups is 1. The zero-order valence-corrected chi connectivity index (χ0v) is 12.5. The minimum atomic E-state index is -0.302. The molecule has 1 N–H and O–H groups in total. The lowest BCUT2D eigenvalue weighted by atomic mass is 10.1. The predicted octanol–water partition coefficient (Wildman–Crippen LogP) is 1.62. The zero-order chi connectivity index (χ0) is 14.6. The van der Waals surface area contributed by atoms with Gasteiger partial charge in [0, 0.05) is 18.5 Å². The lowest BCUT2D eigenvalue weighted by molar-refractivity contribution is -0.122. The molecule has 6 heteroatoms. The van der Waals surface area contributed by atoms with E-state index in [1.807, 2.05) is 27.7 Å². The summed E-state index contributed by atoms with van der Waals surface area (Å²) in [5.74, 6) is 0.668. The van der Waals surface area contributed by atoms with Crippen molar-refractivity contribution in [3.05, 3.63) is 27.4 Å². The number of halogens is 1. The minimum Gasteiger partial charge on any atom is -0.352 e. The quantitative estimate of drug-likeness (QED) is 0.836. The molecule has 1 rings (SSSR count). The van der Waals surface area contributed by atoms with Gasteiger partial charge >= 0.3 is 0 Å². The van der Waals surface area contributed by atoms with Gasteiger partial charge in [-0.3, -0.25) is 14.2 Å². The van der Waals surface area contributed by atoms with E-state index in [1.54, 1.807) is 0 Å². The summed E-state index contributed by atoms with van der Waals surface area (Å²) in [7, 11) is 0.